The fraction of sp³-hybridized carbons (Fsp3) is 0.250. The van der Waals surface area contributed by atoms with Gasteiger partial charge >= 0.3 is 0 Å². The summed E-state index contributed by atoms with van der Waals surface area (Å²) in [6.07, 6.45) is 1.50. The van der Waals surface area contributed by atoms with E-state index in [1.54, 1.807) is 43.5 Å². The van der Waals surface area contributed by atoms with Crippen LogP contribution in [0.2, 0.25) is 0 Å². The zero-order chi connectivity index (χ0) is 23.8. The number of methoxy groups -OCH3 is 1. The summed E-state index contributed by atoms with van der Waals surface area (Å²) in [5, 5.41) is 14.1. The molecule has 3 N–H and O–H groups in total. The predicted octanol–water partition coefficient (Wildman–Crippen LogP) is 5.15. The third-order valence-corrected chi connectivity index (χ3v) is 8.68. The number of nitrogens with one attached hydrogen (secondary N) is 2. The number of anilines is 1. The van der Waals surface area contributed by atoms with Gasteiger partial charge in [-0.2, -0.15) is 0 Å². The lowest BCUT2D eigenvalue weighted by atomic mass is 9.89. The molecule has 1 atom stereocenters. The summed E-state index contributed by atoms with van der Waals surface area (Å²) in [5.41, 5.74) is 4.32. The number of fused-ring (bicyclic) bond motifs is 1. The Kier molecular flexibility index (Phi) is 7.41. The number of aromatic hydroxyl groups is 1. The number of halogens is 2. The summed E-state index contributed by atoms with van der Waals surface area (Å²) >= 11 is 4.56. The van der Waals surface area contributed by atoms with E-state index in [1.807, 2.05) is 6.92 Å². The van der Waals surface area contributed by atoms with Crippen LogP contribution < -0.4 is 14.8 Å². The van der Waals surface area contributed by atoms with Crippen LogP contribution >= 0.6 is 45.2 Å². The lowest BCUT2D eigenvalue weighted by Crippen LogP contribution is -2.31. The lowest BCUT2D eigenvalue weighted by molar-refractivity contribution is 0.408. The smallest absolute Gasteiger partial charge is 0.262 e. The molecule has 1 unspecified atom stereocenters. The van der Waals surface area contributed by atoms with Crippen LogP contribution in [0.1, 0.15) is 28.3 Å². The first kappa shape index (κ1) is 24.6. The molecule has 0 aromatic heterocycles. The Labute approximate surface area is 221 Å². The maximum Gasteiger partial charge on any atom is 0.262 e. The number of benzene rings is 3. The summed E-state index contributed by atoms with van der Waals surface area (Å²) < 4.78 is 35.9. The molecular formula is C24H24I2N2O4S. The average molecular weight is 690 g/mol. The molecule has 0 aliphatic carbocycles. The quantitative estimate of drug-likeness (QED) is 0.246. The second kappa shape index (κ2) is 9.96. The van der Waals surface area contributed by atoms with E-state index >= 15 is 0 Å². The van der Waals surface area contributed by atoms with Crippen molar-refractivity contribution >= 4 is 60.9 Å². The molecule has 0 fully saturated rings. The fourth-order valence-electron chi connectivity index (χ4n) is 4.03. The molecule has 0 amide bonds. The minimum atomic E-state index is -3.82. The van der Waals surface area contributed by atoms with Crippen LogP contribution in [0.4, 0.5) is 5.69 Å². The van der Waals surface area contributed by atoms with Gasteiger partial charge in [-0.3, -0.25) is 4.72 Å². The Hall–Kier alpha value is -1.57. The molecule has 33 heavy (non-hydrogen) atoms. The van der Waals surface area contributed by atoms with Crippen molar-refractivity contribution in [1.82, 2.24) is 5.32 Å². The molecule has 0 bridgehead atoms. The van der Waals surface area contributed by atoms with Crippen LogP contribution in [0.15, 0.2) is 53.4 Å². The largest absolute Gasteiger partial charge is 0.506 e. The van der Waals surface area contributed by atoms with Crippen molar-refractivity contribution < 1.29 is 18.3 Å². The molecule has 0 radical (unpaired) electrons. The predicted molar refractivity (Wildman–Crippen MR) is 147 cm³/mol. The number of phenols is 1. The molecule has 0 saturated carbocycles. The van der Waals surface area contributed by atoms with Gasteiger partial charge in [-0.1, -0.05) is 17.7 Å². The molecule has 9 heteroatoms. The third kappa shape index (κ3) is 5.41. The SMILES string of the molecule is COc1c(I)cc(CC2NCCc3cc(O)c(NS(=O)(=O)c4ccc(C)cc4)cc32)cc1I. The number of aryl methyl sites for hydroxylation is 1. The Balaban J connectivity index is 1.65. The van der Waals surface area contributed by atoms with Gasteiger partial charge in [-0.15, -0.1) is 0 Å². The van der Waals surface area contributed by atoms with Crippen LogP contribution in [0, 0.1) is 14.1 Å². The number of phenolic OH excluding ortho intramolecular Hbond substituents is 1. The van der Waals surface area contributed by atoms with Crippen molar-refractivity contribution in [3.63, 3.8) is 0 Å². The molecule has 174 valence electrons. The minimum absolute atomic E-state index is 0.00280. The molecule has 6 nitrogen and oxygen atoms in total. The van der Waals surface area contributed by atoms with Gasteiger partial charge < -0.3 is 15.2 Å². The summed E-state index contributed by atoms with van der Waals surface area (Å²) in [4.78, 5) is 0.155. The highest BCUT2D eigenvalue weighted by Crippen LogP contribution is 2.36. The Morgan fingerprint density at radius 1 is 1.12 bits per heavy atom. The van der Waals surface area contributed by atoms with E-state index in [2.05, 4.69) is 67.4 Å². The standard InChI is InChI=1S/C24H24I2N2O4S/c1-14-3-5-17(6-4-14)33(30,31)28-22-13-18-16(12-23(22)29)7-8-27-21(18)11-15-9-19(25)24(32-2)20(26)10-15/h3-6,9-10,12-13,21,27-29H,7-8,11H2,1-2H3. The number of rotatable bonds is 6. The van der Waals surface area contributed by atoms with Gasteiger partial charge in [-0.05, 0) is 125 Å². The highest BCUT2D eigenvalue weighted by molar-refractivity contribution is 14.1. The van der Waals surface area contributed by atoms with Gasteiger partial charge in [0.2, 0.25) is 0 Å². The number of sulfonamides is 1. The van der Waals surface area contributed by atoms with Crippen molar-refractivity contribution in [1.29, 1.82) is 0 Å². The van der Waals surface area contributed by atoms with Gasteiger partial charge in [0, 0.05) is 6.04 Å². The topological polar surface area (TPSA) is 87.7 Å². The van der Waals surface area contributed by atoms with Crippen molar-refractivity contribution in [2.24, 2.45) is 0 Å². The summed E-state index contributed by atoms with van der Waals surface area (Å²) in [5.74, 6) is 0.799. The first-order valence-electron chi connectivity index (χ1n) is 10.4. The third-order valence-electron chi connectivity index (χ3n) is 5.70. The van der Waals surface area contributed by atoms with Gasteiger partial charge in [0.05, 0.1) is 24.8 Å². The molecule has 0 spiro atoms. The average Bonchev–Trinajstić information content (AvgIpc) is 2.75. The Morgan fingerprint density at radius 3 is 2.42 bits per heavy atom. The maximum absolute atomic E-state index is 12.9. The highest BCUT2D eigenvalue weighted by atomic mass is 127. The normalized spacial score (nSPS) is 15.7. The van der Waals surface area contributed by atoms with Crippen LogP contribution in [0.5, 0.6) is 11.5 Å². The van der Waals surface area contributed by atoms with Crippen molar-refractivity contribution in [2.45, 2.75) is 30.7 Å². The molecule has 4 rings (SSSR count). The van der Waals surface area contributed by atoms with E-state index in [4.69, 9.17) is 4.74 Å². The highest BCUT2D eigenvalue weighted by Gasteiger charge is 2.24. The van der Waals surface area contributed by atoms with Crippen molar-refractivity contribution in [2.75, 3.05) is 18.4 Å². The summed E-state index contributed by atoms with van der Waals surface area (Å²) in [6.45, 7) is 2.69. The van der Waals surface area contributed by atoms with Gasteiger partial charge in [0.25, 0.3) is 10.0 Å². The molecule has 1 aliphatic heterocycles. The van der Waals surface area contributed by atoms with Crippen molar-refractivity contribution in [3.8, 4) is 11.5 Å². The van der Waals surface area contributed by atoms with E-state index in [9.17, 15) is 13.5 Å². The van der Waals surface area contributed by atoms with E-state index in [1.165, 1.54) is 0 Å². The summed E-state index contributed by atoms with van der Waals surface area (Å²) in [7, 11) is -2.15. The Morgan fingerprint density at radius 2 is 1.79 bits per heavy atom. The molecule has 1 aliphatic rings. The van der Waals surface area contributed by atoms with Gasteiger partial charge in [0.1, 0.15) is 11.5 Å². The van der Waals surface area contributed by atoms with Gasteiger partial charge in [0.15, 0.2) is 0 Å². The fourth-order valence-corrected chi connectivity index (χ4v) is 7.43. The maximum atomic E-state index is 12.9. The zero-order valence-electron chi connectivity index (χ0n) is 18.2. The zero-order valence-corrected chi connectivity index (χ0v) is 23.3. The van der Waals surface area contributed by atoms with E-state index in [0.29, 0.717) is 0 Å². The van der Waals surface area contributed by atoms with Crippen LogP contribution in [-0.2, 0) is 22.9 Å². The Bertz CT molecular complexity index is 1270. The van der Waals surface area contributed by atoms with E-state index in [-0.39, 0.29) is 22.4 Å². The van der Waals surface area contributed by atoms with Gasteiger partial charge in [-0.25, -0.2) is 8.42 Å². The minimum Gasteiger partial charge on any atom is -0.506 e. The number of hydrogen-bond acceptors (Lipinski definition) is 5. The van der Waals surface area contributed by atoms with Crippen LogP contribution in [-0.4, -0.2) is 27.2 Å². The summed E-state index contributed by atoms with van der Waals surface area (Å²) in [6, 6.07) is 14.3. The number of ether oxygens (including phenoxy) is 1. The van der Waals surface area contributed by atoms with Crippen LogP contribution in [0.25, 0.3) is 0 Å². The molecule has 1 heterocycles. The van der Waals surface area contributed by atoms with E-state index in [0.717, 1.165) is 54.5 Å². The molecular weight excluding hydrogens is 666 g/mol. The monoisotopic (exact) mass is 690 g/mol. The van der Waals surface area contributed by atoms with E-state index < -0.39 is 10.0 Å². The lowest BCUT2D eigenvalue weighted by Gasteiger charge is -2.28. The number of hydrogen-bond donors (Lipinski definition) is 3. The first-order valence-corrected chi connectivity index (χ1v) is 14.0. The molecule has 3 aromatic rings. The second-order valence-corrected chi connectivity index (χ2v) is 12.0. The second-order valence-electron chi connectivity index (χ2n) is 8.04. The van der Waals surface area contributed by atoms with Crippen molar-refractivity contribution in [3.05, 3.63) is 77.9 Å². The van der Waals surface area contributed by atoms with Crippen LogP contribution in [0.3, 0.4) is 0 Å². The molecule has 3 aromatic carbocycles. The first-order chi connectivity index (χ1) is 15.7. The molecule has 0 saturated heterocycles.